The molecule has 2 aromatic carbocycles. The van der Waals surface area contributed by atoms with Crippen LogP contribution >= 0.6 is 12.4 Å². The van der Waals surface area contributed by atoms with Crippen molar-refractivity contribution in [3.63, 3.8) is 0 Å². The molecule has 1 heterocycles. The minimum absolute atomic E-state index is 0. The van der Waals surface area contributed by atoms with Crippen LogP contribution < -0.4 is 15.8 Å². The summed E-state index contributed by atoms with van der Waals surface area (Å²) >= 11 is 0. The van der Waals surface area contributed by atoms with Gasteiger partial charge in [-0.1, -0.05) is 17.3 Å². The van der Waals surface area contributed by atoms with E-state index < -0.39 is 0 Å². The monoisotopic (exact) mass is 402 g/mol. The topological polar surface area (TPSA) is 103 Å². The highest BCUT2D eigenvalue weighted by Gasteiger charge is 2.10. The molecule has 1 aromatic heterocycles. The highest BCUT2D eigenvalue weighted by atomic mass is 35.5. The van der Waals surface area contributed by atoms with Crippen LogP contribution in [0.5, 0.6) is 5.75 Å². The molecule has 3 N–H and O–H groups in total. The number of benzene rings is 2. The Morgan fingerprint density at radius 1 is 1.11 bits per heavy atom. The van der Waals surface area contributed by atoms with Gasteiger partial charge in [-0.25, -0.2) is 0 Å². The first-order valence-electron chi connectivity index (χ1n) is 8.72. The molecule has 0 radical (unpaired) electrons. The van der Waals surface area contributed by atoms with Gasteiger partial charge in [0.05, 0.1) is 7.11 Å². The van der Waals surface area contributed by atoms with Crippen LogP contribution in [0.1, 0.15) is 17.9 Å². The summed E-state index contributed by atoms with van der Waals surface area (Å²) in [6.45, 7) is 0.573. The number of aryl methyl sites for hydroxylation is 1. The first kappa shape index (κ1) is 21.2. The molecule has 0 unspecified atom stereocenters. The SMILES string of the molecule is COc1ccc(-c2noc(CCC(=O)NCCc3ccc(N)cc3)n2)cc1.Cl. The van der Waals surface area contributed by atoms with Gasteiger partial charge in [-0.15, -0.1) is 12.4 Å². The van der Waals surface area contributed by atoms with E-state index in [1.807, 2.05) is 48.5 Å². The molecule has 3 aromatic rings. The lowest BCUT2D eigenvalue weighted by Crippen LogP contribution is -2.25. The van der Waals surface area contributed by atoms with Gasteiger partial charge in [-0.3, -0.25) is 4.79 Å². The number of aromatic nitrogens is 2. The summed E-state index contributed by atoms with van der Waals surface area (Å²) in [6.07, 6.45) is 1.46. The van der Waals surface area contributed by atoms with Gasteiger partial charge >= 0.3 is 0 Å². The van der Waals surface area contributed by atoms with Gasteiger partial charge in [0.15, 0.2) is 0 Å². The Balaban J connectivity index is 0.00000280. The van der Waals surface area contributed by atoms with Crippen LogP contribution in [0.4, 0.5) is 5.69 Å². The standard InChI is InChI=1S/C20H22N4O3.ClH/c1-26-17-8-4-15(5-9-17)20-23-19(27-24-20)11-10-18(25)22-13-12-14-2-6-16(21)7-3-14;/h2-9H,10-13,21H2,1H3,(H,22,25);1H. The third-order valence-corrected chi connectivity index (χ3v) is 4.10. The average Bonchev–Trinajstić information content (AvgIpc) is 3.17. The van der Waals surface area contributed by atoms with Crippen molar-refractivity contribution in [3.05, 3.63) is 60.0 Å². The van der Waals surface area contributed by atoms with E-state index in [2.05, 4.69) is 15.5 Å². The van der Waals surface area contributed by atoms with Crippen LogP contribution in [-0.4, -0.2) is 29.7 Å². The summed E-state index contributed by atoms with van der Waals surface area (Å²) in [4.78, 5) is 16.3. The Hall–Kier alpha value is -3.06. The van der Waals surface area contributed by atoms with Gasteiger partial charge in [0, 0.05) is 30.6 Å². The second-order valence-electron chi connectivity index (χ2n) is 6.08. The molecule has 0 saturated heterocycles. The van der Waals surface area contributed by atoms with Crippen molar-refractivity contribution >= 4 is 24.0 Å². The summed E-state index contributed by atoms with van der Waals surface area (Å²) in [7, 11) is 1.61. The maximum Gasteiger partial charge on any atom is 0.227 e. The lowest BCUT2D eigenvalue weighted by Gasteiger charge is -2.04. The number of nitrogens with two attached hydrogens (primary N) is 1. The van der Waals surface area contributed by atoms with E-state index in [1.54, 1.807) is 7.11 Å². The summed E-state index contributed by atoms with van der Waals surface area (Å²) in [5.74, 6) is 1.65. The lowest BCUT2D eigenvalue weighted by molar-refractivity contribution is -0.121. The van der Waals surface area contributed by atoms with E-state index in [9.17, 15) is 4.79 Å². The number of carbonyl (C=O) groups excluding carboxylic acids is 1. The normalized spacial score (nSPS) is 10.2. The Morgan fingerprint density at radius 2 is 1.82 bits per heavy atom. The second kappa shape index (κ2) is 10.3. The van der Waals surface area contributed by atoms with Crippen LogP contribution in [0.15, 0.2) is 53.1 Å². The molecule has 0 spiro atoms. The summed E-state index contributed by atoms with van der Waals surface area (Å²) in [5.41, 5.74) is 8.35. The van der Waals surface area contributed by atoms with Crippen LogP contribution in [0.3, 0.4) is 0 Å². The first-order chi connectivity index (χ1) is 13.1. The van der Waals surface area contributed by atoms with Gasteiger partial charge in [0.2, 0.25) is 17.6 Å². The second-order valence-corrected chi connectivity index (χ2v) is 6.08. The highest BCUT2D eigenvalue weighted by Crippen LogP contribution is 2.20. The molecular weight excluding hydrogens is 380 g/mol. The van der Waals surface area contributed by atoms with Crippen molar-refractivity contribution in [1.29, 1.82) is 0 Å². The summed E-state index contributed by atoms with van der Waals surface area (Å²) in [5, 5.41) is 6.85. The van der Waals surface area contributed by atoms with Gasteiger partial charge in [0.25, 0.3) is 0 Å². The van der Waals surface area contributed by atoms with Crippen LogP contribution in [0, 0.1) is 0 Å². The third kappa shape index (κ3) is 5.99. The largest absolute Gasteiger partial charge is 0.497 e. The number of anilines is 1. The van der Waals surface area contributed by atoms with Crippen molar-refractivity contribution in [2.45, 2.75) is 19.3 Å². The fourth-order valence-corrected chi connectivity index (χ4v) is 2.55. The van der Waals surface area contributed by atoms with Gasteiger partial charge in [-0.2, -0.15) is 4.98 Å². The molecule has 28 heavy (non-hydrogen) atoms. The zero-order valence-electron chi connectivity index (χ0n) is 15.6. The van der Waals surface area contributed by atoms with Gasteiger partial charge in [-0.05, 0) is 48.4 Å². The molecule has 0 fully saturated rings. The van der Waals surface area contributed by atoms with Crippen LogP contribution in [0.25, 0.3) is 11.4 Å². The quantitative estimate of drug-likeness (QED) is 0.561. The number of carbonyl (C=O) groups is 1. The van der Waals surface area contributed by atoms with E-state index in [4.69, 9.17) is 15.0 Å². The van der Waals surface area contributed by atoms with E-state index in [-0.39, 0.29) is 18.3 Å². The molecule has 0 bridgehead atoms. The molecule has 148 valence electrons. The number of hydrogen-bond acceptors (Lipinski definition) is 6. The fourth-order valence-electron chi connectivity index (χ4n) is 2.55. The van der Waals surface area contributed by atoms with E-state index in [0.29, 0.717) is 31.1 Å². The first-order valence-corrected chi connectivity index (χ1v) is 8.72. The molecule has 0 atom stereocenters. The molecule has 0 saturated carbocycles. The average molecular weight is 403 g/mol. The van der Waals surface area contributed by atoms with Crippen molar-refractivity contribution in [2.24, 2.45) is 0 Å². The number of ether oxygens (including phenoxy) is 1. The number of amides is 1. The smallest absolute Gasteiger partial charge is 0.227 e. The zero-order chi connectivity index (χ0) is 19.1. The molecule has 7 nitrogen and oxygen atoms in total. The number of nitrogens with one attached hydrogen (secondary N) is 1. The molecule has 0 aliphatic carbocycles. The van der Waals surface area contributed by atoms with Gasteiger partial charge in [0.1, 0.15) is 5.75 Å². The number of methoxy groups -OCH3 is 1. The molecule has 1 amide bonds. The number of rotatable bonds is 8. The summed E-state index contributed by atoms with van der Waals surface area (Å²) in [6, 6.07) is 15.0. The Labute approximate surface area is 169 Å². The number of nitrogens with zero attached hydrogens (tertiary/aromatic N) is 2. The summed E-state index contributed by atoms with van der Waals surface area (Å²) < 4.78 is 10.4. The van der Waals surface area contributed by atoms with Crippen molar-refractivity contribution in [1.82, 2.24) is 15.5 Å². The molecule has 8 heteroatoms. The number of nitrogen functional groups attached to an aromatic ring is 1. The third-order valence-electron chi connectivity index (χ3n) is 4.10. The predicted molar refractivity (Wildman–Crippen MR) is 109 cm³/mol. The Kier molecular flexibility index (Phi) is 7.83. The molecular formula is C20H23ClN4O3. The molecule has 0 aliphatic rings. The predicted octanol–water partition coefficient (Wildman–Crippen LogP) is 3.04. The van der Waals surface area contributed by atoms with E-state index in [0.717, 1.165) is 29.0 Å². The number of hydrogen-bond donors (Lipinski definition) is 2. The van der Waals surface area contributed by atoms with Gasteiger partial charge < -0.3 is 20.3 Å². The highest BCUT2D eigenvalue weighted by molar-refractivity contribution is 5.85. The van der Waals surface area contributed by atoms with Crippen molar-refractivity contribution < 1.29 is 14.1 Å². The Morgan fingerprint density at radius 3 is 2.50 bits per heavy atom. The van der Waals surface area contributed by atoms with Crippen molar-refractivity contribution in [2.75, 3.05) is 19.4 Å². The van der Waals surface area contributed by atoms with E-state index >= 15 is 0 Å². The van der Waals surface area contributed by atoms with E-state index in [1.165, 1.54) is 0 Å². The lowest BCUT2D eigenvalue weighted by atomic mass is 10.1. The van der Waals surface area contributed by atoms with Crippen molar-refractivity contribution in [3.8, 4) is 17.1 Å². The number of halogens is 1. The maximum absolute atomic E-state index is 12.0. The minimum atomic E-state index is -0.0466. The molecule has 3 rings (SSSR count). The fraction of sp³-hybridized carbons (Fsp3) is 0.250. The Bertz CT molecular complexity index is 879. The van der Waals surface area contributed by atoms with Crippen LogP contribution in [0.2, 0.25) is 0 Å². The minimum Gasteiger partial charge on any atom is -0.497 e. The van der Waals surface area contributed by atoms with Crippen LogP contribution in [-0.2, 0) is 17.6 Å². The molecule has 0 aliphatic heterocycles. The maximum atomic E-state index is 12.0. The zero-order valence-corrected chi connectivity index (χ0v) is 16.4.